The Labute approximate surface area is 208 Å². The number of aromatic nitrogens is 2. The van der Waals surface area contributed by atoms with Gasteiger partial charge >= 0.3 is 5.97 Å². The number of H-pyrrole nitrogens is 1. The number of carbonyl (C=O) groups is 1. The van der Waals surface area contributed by atoms with Crippen LogP contribution in [0.1, 0.15) is 47.1 Å². The monoisotopic (exact) mass is 479 g/mol. The molecule has 172 valence electrons. The van der Waals surface area contributed by atoms with Crippen LogP contribution in [0.5, 0.6) is 0 Å². The normalized spacial score (nSPS) is 14.5. The highest BCUT2D eigenvalue weighted by atomic mass is 35.5. The van der Waals surface area contributed by atoms with Gasteiger partial charge in [-0.2, -0.15) is 10.4 Å². The maximum atomic E-state index is 10.9. The van der Waals surface area contributed by atoms with Gasteiger partial charge in [-0.1, -0.05) is 54.4 Å². The minimum atomic E-state index is -0.984. The number of allylic oxidation sites excluding steroid dienone is 1. The fourth-order valence-electron chi connectivity index (χ4n) is 4.60. The molecule has 1 heterocycles. The molecule has 0 bridgehead atoms. The van der Waals surface area contributed by atoms with Crippen molar-refractivity contribution in [2.24, 2.45) is 5.92 Å². The van der Waals surface area contributed by atoms with Crippen LogP contribution in [-0.2, 0) is 4.79 Å². The summed E-state index contributed by atoms with van der Waals surface area (Å²) in [4.78, 5) is 10.9. The molecule has 0 radical (unpaired) electrons. The Morgan fingerprint density at radius 2 is 1.86 bits per heavy atom. The maximum Gasteiger partial charge on any atom is 0.328 e. The van der Waals surface area contributed by atoms with Crippen molar-refractivity contribution >= 4 is 45.7 Å². The first-order valence-corrected chi connectivity index (χ1v) is 11.8. The van der Waals surface area contributed by atoms with Crippen molar-refractivity contribution in [1.29, 1.82) is 5.26 Å². The molecule has 2 N–H and O–H groups in total. The average molecular weight is 480 g/mol. The molecular weight excluding hydrogens is 458 g/mol. The van der Waals surface area contributed by atoms with Crippen molar-refractivity contribution in [2.45, 2.75) is 19.3 Å². The molecule has 1 aliphatic carbocycles. The molecule has 0 spiro atoms. The SMILES string of the molecule is N#Cc1cc(Cl)ccc1/C(=C(\c1ccc(/C=C/C(=O)O)cc1)c1ccc2[nH]ncc2c1)C1CCC1. The van der Waals surface area contributed by atoms with Gasteiger partial charge < -0.3 is 5.11 Å². The summed E-state index contributed by atoms with van der Waals surface area (Å²) in [6.45, 7) is 0. The molecule has 0 aliphatic heterocycles. The van der Waals surface area contributed by atoms with E-state index in [1.54, 1.807) is 12.1 Å². The van der Waals surface area contributed by atoms with Crippen LogP contribution in [-0.4, -0.2) is 21.3 Å². The number of fused-ring (bicyclic) bond motifs is 1. The lowest BCUT2D eigenvalue weighted by Gasteiger charge is -2.32. The molecule has 1 aliphatic rings. The van der Waals surface area contributed by atoms with Crippen LogP contribution < -0.4 is 0 Å². The van der Waals surface area contributed by atoms with E-state index in [4.69, 9.17) is 16.7 Å². The van der Waals surface area contributed by atoms with E-state index in [2.05, 4.69) is 28.4 Å². The third kappa shape index (κ3) is 4.62. The maximum absolute atomic E-state index is 10.9. The van der Waals surface area contributed by atoms with E-state index in [1.807, 2.05) is 48.7 Å². The summed E-state index contributed by atoms with van der Waals surface area (Å²) in [6, 6.07) is 21.9. The molecule has 5 rings (SSSR count). The zero-order valence-corrected chi connectivity index (χ0v) is 19.6. The van der Waals surface area contributed by atoms with Crippen molar-refractivity contribution in [3.8, 4) is 6.07 Å². The molecule has 0 amide bonds. The van der Waals surface area contributed by atoms with Crippen LogP contribution >= 0.6 is 11.6 Å². The van der Waals surface area contributed by atoms with Gasteiger partial charge in [0.1, 0.15) is 0 Å². The zero-order valence-electron chi connectivity index (χ0n) is 18.8. The van der Waals surface area contributed by atoms with E-state index in [-0.39, 0.29) is 0 Å². The summed E-state index contributed by atoms with van der Waals surface area (Å²) in [7, 11) is 0. The predicted molar refractivity (Wildman–Crippen MR) is 139 cm³/mol. The molecule has 3 aromatic carbocycles. The molecule has 0 saturated heterocycles. The van der Waals surface area contributed by atoms with Crippen LogP contribution in [0.2, 0.25) is 5.02 Å². The second-order valence-corrected chi connectivity index (χ2v) is 9.12. The quantitative estimate of drug-likeness (QED) is 0.231. The Hall–Kier alpha value is -4.14. The molecule has 0 atom stereocenters. The van der Waals surface area contributed by atoms with Gasteiger partial charge in [-0.05, 0) is 82.5 Å². The molecular formula is C29H22ClN3O2. The summed E-state index contributed by atoms with van der Waals surface area (Å²) in [6.07, 6.45) is 7.77. The van der Waals surface area contributed by atoms with Crippen molar-refractivity contribution in [3.63, 3.8) is 0 Å². The first-order chi connectivity index (χ1) is 17.0. The molecule has 5 nitrogen and oxygen atoms in total. The van der Waals surface area contributed by atoms with Crippen molar-refractivity contribution < 1.29 is 9.90 Å². The Morgan fingerprint density at radius 1 is 1.09 bits per heavy atom. The fraction of sp³-hybridized carbons (Fsp3) is 0.138. The number of aliphatic carboxylic acids is 1. The summed E-state index contributed by atoms with van der Waals surface area (Å²) in [5.74, 6) is -0.660. The predicted octanol–water partition coefficient (Wildman–Crippen LogP) is 6.94. The van der Waals surface area contributed by atoms with Gasteiger partial charge in [0.05, 0.1) is 23.3 Å². The van der Waals surface area contributed by atoms with E-state index < -0.39 is 5.97 Å². The molecule has 1 saturated carbocycles. The minimum Gasteiger partial charge on any atom is -0.478 e. The number of aromatic amines is 1. The standard InChI is InChI=1S/C29H22ClN3O2/c30-24-10-11-25(22(15-24)16-31)29(19-2-1-3-19)28(21-9-12-26-23(14-21)17-32-33-26)20-7-4-18(5-8-20)6-13-27(34)35/h4-15,17,19H,1-3H2,(H,32,33)(H,34,35)/b13-6+,29-28+. The number of hydrogen-bond donors (Lipinski definition) is 2. The first kappa shape index (κ1) is 22.6. The molecule has 0 unspecified atom stereocenters. The van der Waals surface area contributed by atoms with Crippen molar-refractivity contribution in [3.05, 3.63) is 106 Å². The highest BCUT2D eigenvalue weighted by Gasteiger charge is 2.29. The summed E-state index contributed by atoms with van der Waals surface area (Å²) in [5, 5.41) is 27.6. The van der Waals surface area contributed by atoms with Crippen molar-refractivity contribution in [2.75, 3.05) is 0 Å². The van der Waals surface area contributed by atoms with E-state index in [9.17, 15) is 10.1 Å². The largest absolute Gasteiger partial charge is 0.478 e. The summed E-state index contributed by atoms with van der Waals surface area (Å²) in [5.41, 5.74) is 7.45. The van der Waals surface area contributed by atoms with Gasteiger partial charge in [-0.25, -0.2) is 4.79 Å². The van der Waals surface area contributed by atoms with E-state index >= 15 is 0 Å². The smallest absolute Gasteiger partial charge is 0.328 e. The van der Waals surface area contributed by atoms with Gasteiger partial charge in [0, 0.05) is 16.5 Å². The number of carboxylic acid groups (broad SMARTS) is 1. The Bertz CT molecular complexity index is 1520. The van der Waals surface area contributed by atoms with Crippen LogP contribution in [0.4, 0.5) is 0 Å². The lowest BCUT2D eigenvalue weighted by molar-refractivity contribution is -0.131. The number of halogens is 1. The molecule has 1 aromatic heterocycles. The van der Waals surface area contributed by atoms with Gasteiger partial charge in [0.15, 0.2) is 0 Å². The number of benzene rings is 3. The minimum absolute atomic E-state index is 0.324. The first-order valence-electron chi connectivity index (χ1n) is 11.4. The highest BCUT2D eigenvalue weighted by molar-refractivity contribution is 6.30. The second kappa shape index (κ2) is 9.61. The molecule has 4 aromatic rings. The highest BCUT2D eigenvalue weighted by Crippen LogP contribution is 2.46. The number of rotatable bonds is 6. The number of nitriles is 1. The lowest BCUT2D eigenvalue weighted by atomic mass is 9.72. The van der Waals surface area contributed by atoms with Gasteiger partial charge in [-0.15, -0.1) is 0 Å². The third-order valence-electron chi connectivity index (χ3n) is 6.52. The zero-order chi connectivity index (χ0) is 24.4. The second-order valence-electron chi connectivity index (χ2n) is 8.68. The number of hydrogen-bond acceptors (Lipinski definition) is 3. The third-order valence-corrected chi connectivity index (χ3v) is 6.76. The van der Waals surface area contributed by atoms with Crippen LogP contribution in [0, 0.1) is 17.2 Å². The topological polar surface area (TPSA) is 89.8 Å². The van der Waals surface area contributed by atoms with E-state index in [0.29, 0.717) is 16.5 Å². The van der Waals surface area contributed by atoms with Gasteiger partial charge in [-0.3, -0.25) is 5.10 Å². The van der Waals surface area contributed by atoms with E-state index in [0.717, 1.165) is 69.6 Å². The van der Waals surface area contributed by atoms with Gasteiger partial charge in [0.2, 0.25) is 0 Å². The molecule has 35 heavy (non-hydrogen) atoms. The van der Waals surface area contributed by atoms with Crippen LogP contribution in [0.3, 0.4) is 0 Å². The van der Waals surface area contributed by atoms with Gasteiger partial charge in [0.25, 0.3) is 0 Å². The van der Waals surface area contributed by atoms with E-state index in [1.165, 1.54) is 0 Å². The lowest BCUT2D eigenvalue weighted by Crippen LogP contribution is -2.16. The fourth-order valence-corrected chi connectivity index (χ4v) is 4.78. The molecule has 6 heteroatoms. The Balaban J connectivity index is 1.77. The van der Waals surface area contributed by atoms with Crippen molar-refractivity contribution in [1.82, 2.24) is 10.2 Å². The average Bonchev–Trinajstić information content (AvgIpc) is 3.30. The molecule has 1 fully saturated rings. The number of carboxylic acids is 1. The Morgan fingerprint density at radius 3 is 2.54 bits per heavy atom. The summed E-state index contributed by atoms with van der Waals surface area (Å²) >= 11 is 6.24. The Kier molecular flexibility index (Phi) is 6.22. The van der Waals surface area contributed by atoms with Crippen LogP contribution in [0.15, 0.2) is 72.9 Å². The summed E-state index contributed by atoms with van der Waals surface area (Å²) < 4.78 is 0. The number of nitrogens with one attached hydrogen (secondary N) is 1. The van der Waals surface area contributed by atoms with Crippen LogP contribution in [0.25, 0.3) is 28.1 Å². The number of nitrogens with zero attached hydrogens (tertiary/aromatic N) is 2.